The number of amides is 1. The van der Waals surface area contributed by atoms with Gasteiger partial charge in [0.1, 0.15) is 0 Å². The van der Waals surface area contributed by atoms with Gasteiger partial charge in [-0.15, -0.1) is 0 Å². The standard InChI is InChI=1S/C9H20O3.C3H7N2O.Fm/c1-9(2,3)12-8-7-11-6-5-10-4;4-1-2-5-3-6;/h5-8H2,1-4H3;1-2,4H2,(H,5,6);/q;-1;. The fraction of sp³-hybridized carbons (Fsp3) is 0.917. The molecule has 19 heavy (non-hydrogen) atoms. The van der Waals surface area contributed by atoms with Gasteiger partial charge in [0.15, 0.2) is 0 Å². The second-order valence-corrected chi connectivity index (χ2v) is 4.38. The van der Waals surface area contributed by atoms with Crippen LogP contribution in [0.25, 0.3) is 0 Å². The Kier molecular flexibility index (Phi) is 19.3. The monoisotopic (exact) mass is 520 g/mol. The van der Waals surface area contributed by atoms with Crippen LogP contribution in [-0.4, -0.2) is 58.6 Å². The van der Waals surface area contributed by atoms with Crippen molar-refractivity contribution in [2.24, 2.45) is 5.73 Å². The van der Waals surface area contributed by atoms with Crippen molar-refractivity contribution in [3.8, 4) is 0 Å². The summed E-state index contributed by atoms with van der Waals surface area (Å²) >= 11 is 0. The van der Waals surface area contributed by atoms with Crippen LogP contribution in [0.4, 0.5) is 0 Å². The topological polar surface area (TPSA) is 82.8 Å². The number of nitrogens with two attached hydrogens (primary N) is 1. The molecule has 0 aromatic carbocycles. The molecule has 0 atom stereocenters. The molecule has 0 aliphatic rings. The van der Waals surface area contributed by atoms with Gasteiger partial charge in [0.25, 0.3) is 0 Å². The van der Waals surface area contributed by atoms with Gasteiger partial charge < -0.3 is 30.1 Å². The maximum Gasteiger partial charge on any atom is 0.0707 e. The van der Waals surface area contributed by atoms with Crippen LogP contribution < -0.4 is 11.1 Å². The molecular weight excluding hydrogens is 493 g/mol. The first-order chi connectivity index (χ1) is 8.47. The van der Waals surface area contributed by atoms with E-state index in [1.165, 1.54) is 6.41 Å². The molecule has 0 bridgehead atoms. The van der Waals surface area contributed by atoms with Crippen LogP contribution in [-0.2, 0) is 19.0 Å². The predicted octanol–water partition coefficient (Wildman–Crippen LogP) is 0.0664. The van der Waals surface area contributed by atoms with Crippen molar-refractivity contribution in [2.45, 2.75) is 26.4 Å². The van der Waals surface area contributed by atoms with E-state index in [9.17, 15) is 4.79 Å². The van der Waals surface area contributed by atoms with E-state index < -0.39 is 0 Å². The summed E-state index contributed by atoms with van der Waals surface area (Å²) in [6.45, 7) is 9.67. The van der Waals surface area contributed by atoms with Crippen molar-refractivity contribution in [3.05, 3.63) is 0 Å². The third kappa shape index (κ3) is 31.4. The van der Waals surface area contributed by atoms with E-state index in [1.54, 1.807) is 7.11 Å². The number of methoxy groups -OCH3 is 1. The minimum absolute atomic E-state index is 0. The molecule has 3 N–H and O–H groups in total. The van der Waals surface area contributed by atoms with Gasteiger partial charge in [-0.1, -0.05) is 0 Å². The summed E-state index contributed by atoms with van der Waals surface area (Å²) in [5.74, 6) is 0. The predicted molar refractivity (Wildman–Crippen MR) is 71.2 cm³/mol. The minimum Gasteiger partial charge on any atom is -0.529 e. The Hall–Kier alpha value is -1.69. The third-order valence-corrected chi connectivity index (χ3v) is 1.54. The van der Waals surface area contributed by atoms with Gasteiger partial charge in [-0.25, -0.2) is 0 Å². The molecule has 0 aromatic rings. The molecule has 0 saturated carbocycles. The Morgan fingerprint density at radius 3 is 2.11 bits per heavy atom. The summed E-state index contributed by atoms with van der Waals surface area (Å²) in [6, 6.07) is 0. The molecular formula is C12H27FmN2O4-. The fourth-order valence-electron chi connectivity index (χ4n) is 0.774. The number of ether oxygens (including phenoxy) is 3. The summed E-state index contributed by atoms with van der Waals surface area (Å²) in [7, 11) is 1.66. The maximum absolute atomic E-state index is 9.27. The van der Waals surface area contributed by atoms with E-state index in [0.29, 0.717) is 39.5 Å². The molecule has 0 fully saturated rings. The van der Waals surface area contributed by atoms with E-state index in [0.717, 1.165) is 0 Å². The summed E-state index contributed by atoms with van der Waals surface area (Å²) in [6.07, 6.45) is 1.49. The SMILES string of the molecule is COCCOCCOC(C)(C)C.NCCN[C-]=O.[Fm]. The van der Waals surface area contributed by atoms with Gasteiger partial charge >= 0.3 is 0 Å². The molecule has 0 aliphatic carbocycles. The van der Waals surface area contributed by atoms with Gasteiger partial charge in [0.05, 0.1) is 32.0 Å². The molecule has 6 nitrogen and oxygen atoms in total. The zero-order valence-electron chi connectivity index (χ0n) is 12.2. The van der Waals surface area contributed by atoms with E-state index in [1.807, 2.05) is 20.8 Å². The van der Waals surface area contributed by atoms with Gasteiger partial charge in [-0.2, -0.15) is 6.41 Å². The van der Waals surface area contributed by atoms with Crippen LogP contribution in [0.15, 0.2) is 0 Å². The summed E-state index contributed by atoms with van der Waals surface area (Å²) in [5, 5.41) is 2.27. The van der Waals surface area contributed by atoms with E-state index in [-0.39, 0.29) is 5.60 Å². The summed E-state index contributed by atoms with van der Waals surface area (Å²) in [4.78, 5) is 9.27. The van der Waals surface area contributed by atoms with Crippen LogP contribution in [0.2, 0.25) is 0 Å². The normalized spacial score (nSPS) is 9.95. The molecule has 0 aromatic heterocycles. The molecule has 0 unspecified atom stereocenters. The van der Waals surface area contributed by atoms with Gasteiger partial charge in [-0.05, 0) is 27.3 Å². The Bertz CT molecular complexity index is 178. The van der Waals surface area contributed by atoms with Crippen molar-refractivity contribution < 1.29 is 19.0 Å². The van der Waals surface area contributed by atoms with Gasteiger partial charge in [0.2, 0.25) is 0 Å². The smallest absolute Gasteiger partial charge is 0.0707 e. The van der Waals surface area contributed by atoms with Crippen molar-refractivity contribution in [2.75, 3.05) is 46.6 Å². The number of hydrogen-bond donors (Lipinski definition) is 2. The van der Waals surface area contributed by atoms with Crippen molar-refractivity contribution in [3.63, 3.8) is 0 Å². The van der Waals surface area contributed by atoms with Crippen LogP contribution in [0.1, 0.15) is 20.8 Å². The van der Waals surface area contributed by atoms with Gasteiger partial charge in [-0.3, -0.25) is 0 Å². The van der Waals surface area contributed by atoms with Crippen LogP contribution in [0.5, 0.6) is 0 Å². The Morgan fingerprint density at radius 2 is 1.74 bits per heavy atom. The zero-order chi connectivity index (χ0) is 14.3. The minimum atomic E-state index is -0.0649. The van der Waals surface area contributed by atoms with Crippen molar-refractivity contribution in [1.29, 1.82) is 0 Å². The van der Waals surface area contributed by atoms with Crippen LogP contribution in [0, 0.1) is 0 Å². The first kappa shape index (κ1) is 22.5. The molecule has 0 spiro atoms. The first-order valence-corrected chi connectivity index (χ1v) is 5.98. The second-order valence-electron chi connectivity index (χ2n) is 4.38. The summed E-state index contributed by atoms with van der Waals surface area (Å²) < 4.78 is 15.5. The molecule has 0 aliphatic heterocycles. The third-order valence-electron chi connectivity index (χ3n) is 1.54. The number of carbonyl (C=O) groups excluding carboxylic acids is 1. The van der Waals surface area contributed by atoms with Crippen molar-refractivity contribution in [1.82, 2.24) is 5.32 Å². The van der Waals surface area contributed by atoms with E-state index in [2.05, 4.69) is 5.32 Å². The Balaban J connectivity index is -0.000000313. The molecule has 0 saturated heterocycles. The summed E-state index contributed by atoms with van der Waals surface area (Å²) in [5.41, 5.74) is 4.91. The molecule has 7 heteroatoms. The fourth-order valence-corrected chi connectivity index (χ4v) is 0.774. The maximum atomic E-state index is 9.27. The largest absolute Gasteiger partial charge is 0.529 e. The van der Waals surface area contributed by atoms with E-state index in [4.69, 9.17) is 19.9 Å². The quantitative estimate of drug-likeness (QED) is 0.256. The van der Waals surface area contributed by atoms with Crippen molar-refractivity contribution >= 4 is 6.41 Å². The van der Waals surface area contributed by atoms with Crippen LogP contribution >= 0.6 is 0 Å². The molecule has 0 rings (SSSR count). The average molecular weight is 520 g/mol. The second kappa shape index (κ2) is 16.3. The Morgan fingerprint density at radius 1 is 1.16 bits per heavy atom. The number of hydrogen-bond acceptors (Lipinski definition) is 5. The molecule has 122 valence electrons. The zero-order valence-corrected chi connectivity index (χ0v) is 14.6. The Labute approximate surface area is 110 Å². The number of rotatable bonds is 9. The average Bonchev–Trinajstić information content (AvgIpc) is 2.30. The van der Waals surface area contributed by atoms with Crippen LogP contribution in [0.3, 0.4) is 0 Å². The molecule has 0 heterocycles. The molecule has 0 radical (unpaired) electrons. The van der Waals surface area contributed by atoms with Gasteiger partial charge in [0, 0.05) is 13.7 Å². The number of nitrogens with one attached hydrogen (secondary N) is 1. The van der Waals surface area contributed by atoms with E-state index >= 15 is 0 Å². The molecule has 1 amide bonds. The first-order valence-electron chi connectivity index (χ1n) is 5.98.